The van der Waals surface area contributed by atoms with E-state index in [1.807, 2.05) is 0 Å². The molecule has 3 nitrogen and oxygen atoms in total. The number of carboxylic acid groups (broad SMARTS) is 1. The van der Waals surface area contributed by atoms with Crippen LogP contribution in [0.3, 0.4) is 0 Å². The highest BCUT2D eigenvalue weighted by Crippen LogP contribution is 2.77. The minimum Gasteiger partial charge on any atom is -0.481 e. The molecular weight excluding hydrogens is 504 g/mol. The summed E-state index contributed by atoms with van der Waals surface area (Å²) in [7, 11) is 0. The van der Waals surface area contributed by atoms with Gasteiger partial charge in [-0.2, -0.15) is 0 Å². The molecule has 5 fully saturated rings. The van der Waals surface area contributed by atoms with Gasteiger partial charge in [-0.05, 0) is 129 Å². The Labute approximate surface area is 253 Å². The van der Waals surface area contributed by atoms with Crippen LogP contribution in [-0.4, -0.2) is 23.8 Å². The monoisotopic (exact) mass is 568 g/mol. The minimum atomic E-state index is -0.522. The smallest absolute Gasteiger partial charge is 0.309 e. The number of aliphatic carboxylic acids is 1. The first-order chi connectivity index (χ1) is 19.3. The SMILES string of the molecule is C=C(C)[C@@H]1CC[C@]2(C(=O)O)CC[C@]3(C)[C@H](CC[C@@H]4[C@@]5(C)CC[C@H](OCCCCCCCC)C(C)(C)[C@@H]5CC[C@]43C)[C@@H]12. The number of allylic oxidation sites excluding steroid dienone is 1. The molecule has 3 heteroatoms. The van der Waals surface area contributed by atoms with Crippen molar-refractivity contribution in [1.29, 1.82) is 0 Å². The lowest BCUT2D eigenvalue weighted by molar-refractivity contribution is -0.251. The van der Waals surface area contributed by atoms with E-state index >= 15 is 0 Å². The minimum absolute atomic E-state index is 0.204. The van der Waals surface area contributed by atoms with Gasteiger partial charge in [-0.3, -0.25) is 4.79 Å². The van der Waals surface area contributed by atoms with Crippen molar-refractivity contribution in [2.75, 3.05) is 6.61 Å². The summed E-state index contributed by atoms with van der Waals surface area (Å²) in [5, 5.41) is 10.6. The van der Waals surface area contributed by atoms with Crippen LogP contribution in [0.1, 0.15) is 151 Å². The summed E-state index contributed by atoms with van der Waals surface area (Å²) in [5.41, 5.74) is 1.74. The number of rotatable bonds is 10. The molecule has 5 saturated carbocycles. The number of hydrogen-bond acceptors (Lipinski definition) is 2. The number of carbonyl (C=O) groups is 1. The lowest BCUT2D eigenvalue weighted by atomic mass is 9.32. The van der Waals surface area contributed by atoms with Crippen LogP contribution in [0.4, 0.5) is 0 Å². The predicted molar refractivity (Wildman–Crippen MR) is 170 cm³/mol. The van der Waals surface area contributed by atoms with E-state index in [1.54, 1.807) is 0 Å². The van der Waals surface area contributed by atoms with Gasteiger partial charge in [0.05, 0.1) is 11.5 Å². The molecule has 0 bridgehead atoms. The van der Waals surface area contributed by atoms with Crippen molar-refractivity contribution >= 4 is 5.97 Å². The van der Waals surface area contributed by atoms with Crippen molar-refractivity contribution in [2.24, 2.45) is 56.7 Å². The Kier molecular flexibility index (Phi) is 8.68. The molecule has 0 saturated heterocycles. The van der Waals surface area contributed by atoms with Crippen LogP contribution in [0.25, 0.3) is 0 Å². The topological polar surface area (TPSA) is 46.5 Å². The average Bonchev–Trinajstić information content (AvgIpc) is 3.31. The quantitative estimate of drug-likeness (QED) is 0.211. The zero-order valence-electron chi connectivity index (χ0n) is 28.0. The summed E-state index contributed by atoms with van der Waals surface area (Å²) < 4.78 is 6.72. The molecule has 0 aromatic heterocycles. The zero-order valence-corrected chi connectivity index (χ0v) is 28.0. The van der Waals surface area contributed by atoms with Crippen molar-refractivity contribution in [1.82, 2.24) is 0 Å². The van der Waals surface area contributed by atoms with Gasteiger partial charge >= 0.3 is 5.97 Å². The Balaban J connectivity index is 1.35. The van der Waals surface area contributed by atoms with Gasteiger partial charge in [-0.1, -0.05) is 85.8 Å². The highest BCUT2D eigenvalue weighted by Gasteiger charge is 2.72. The maximum absolute atomic E-state index is 12.9. The number of unbranched alkanes of at least 4 members (excludes halogenated alkanes) is 5. The molecule has 5 aliphatic rings. The number of ether oxygens (including phenoxy) is 1. The molecule has 0 amide bonds. The lowest BCUT2D eigenvalue weighted by Crippen LogP contribution is -2.67. The Hall–Kier alpha value is -0.830. The van der Waals surface area contributed by atoms with Gasteiger partial charge in [0.25, 0.3) is 0 Å². The van der Waals surface area contributed by atoms with Gasteiger partial charge < -0.3 is 9.84 Å². The van der Waals surface area contributed by atoms with Crippen molar-refractivity contribution in [3.8, 4) is 0 Å². The number of fused-ring (bicyclic) bond motifs is 7. The molecular formula is C38H64O3. The fourth-order valence-electron chi connectivity index (χ4n) is 12.9. The normalized spacial score (nSPS) is 46.6. The summed E-state index contributed by atoms with van der Waals surface area (Å²) >= 11 is 0. The van der Waals surface area contributed by atoms with E-state index in [-0.39, 0.29) is 22.2 Å². The number of hydrogen-bond donors (Lipinski definition) is 1. The van der Waals surface area contributed by atoms with Gasteiger partial charge in [0.2, 0.25) is 0 Å². The molecule has 0 aromatic rings. The fraction of sp³-hybridized carbons (Fsp3) is 0.921. The first-order valence-corrected chi connectivity index (χ1v) is 17.8. The molecule has 5 rings (SSSR count). The van der Waals surface area contributed by atoms with Gasteiger partial charge in [-0.15, -0.1) is 0 Å². The molecule has 1 N–H and O–H groups in total. The molecule has 234 valence electrons. The molecule has 41 heavy (non-hydrogen) atoms. The van der Waals surface area contributed by atoms with E-state index in [4.69, 9.17) is 4.74 Å². The largest absolute Gasteiger partial charge is 0.481 e. The van der Waals surface area contributed by atoms with Gasteiger partial charge in [0, 0.05) is 6.61 Å². The van der Waals surface area contributed by atoms with Crippen molar-refractivity contribution in [3.63, 3.8) is 0 Å². The van der Waals surface area contributed by atoms with Gasteiger partial charge in [0.15, 0.2) is 0 Å². The molecule has 5 aliphatic carbocycles. The van der Waals surface area contributed by atoms with Crippen LogP contribution in [-0.2, 0) is 9.53 Å². The first-order valence-electron chi connectivity index (χ1n) is 17.8. The van der Waals surface area contributed by atoms with Crippen LogP contribution in [0.5, 0.6) is 0 Å². The van der Waals surface area contributed by atoms with E-state index in [1.165, 1.54) is 82.6 Å². The molecule has 0 radical (unpaired) electrons. The fourth-order valence-corrected chi connectivity index (χ4v) is 12.9. The summed E-state index contributed by atoms with van der Waals surface area (Å²) in [6.45, 7) is 22.8. The molecule has 0 unspecified atom stereocenters. The van der Waals surface area contributed by atoms with Crippen LogP contribution in [0.15, 0.2) is 12.2 Å². The molecule has 0 aliphatic heterocycles. The predicted octanol–water partition coefficient (Wildman–Crippen LogP) is 10.5. The molecule has 0 spiro atoms. The maximum Gasteiger partial charge on any atom is 0.309 e. The molecule has 10 atom stereocenters. The number of carboxylic acids is 1. The summed E-state index contributed by atoms with van der Waals surface area (Å²) in [6.07, 6.45) is 19.7. The Morgan fingerprint density at radius 2 is 1.51 bits per heavy atom. The second-order valence-electron chi connectivity index (χ2n) is 17.1. The van der Waals surface area contributed by atoms with E-state index in [2.05, 4.69) is 55.0 Å². The summed E-state index contributed by atoms with van der Waals surface area (Å²) in [6, 6.07) is 0. The third kappa shape index (κ3) is 4.71. The van der Waals surface area contributed by atoms with Gasteiger partial charge in [-0.25, -0.2) is 0 Å². The third-order valence-corrected chi connectivity index (χ3v) is 15.2. The average molecular weight is 569 g/mol. The van der Waals surface area contributed by atoms with Crippen LogP contribution in [0, 0.1) is 56.7 Å². The van der Waals surface area contributed by atoms with Crippen molar-refractivity contribution in [2.45, 2.75) is 157 Å². The van der Waals surface area contributed by atoms with Crippen LogP contribution in [0.2, 0.25) is 0 Å². The summed E-state index contributed by atoms with van der Waals surface area (Å²) in [4.78, 5) is 12.9. The molecule has 0 aromatic carbocycles. The maximum atomic E-state index is 12.9. The van der Waals surface area contributed by atoms with E-state index in [0.717, 1.165) is 38.2 Å². The third-order valence-electron chi connectivity index (χ3n) is 15.2. The Morgan fingerprint density at radius 3 is 2.20 bits per heavy atom. The van der Waals surface area contributed by atoms with Crippen molar-refractivity contribution in [3.05, 3.63) is 12.2 Å². The second kappa shape index (κ2) is 11.3. The first kappa shape index (κ1) is 31.6. The van der Waals surface area contributed by atoms with Crippen LogP contribution < -0.4 is 0 Å². The second-order valence-corrected chi connectivity index (χ2v) is 17.1. The van der Waals surface area contributed by atoms with Crippen LogP contribution >= 0.6 is 0 Å². The van der Waals surface area contributed by atoms with Crippen molar-refractivity contribution < 1.29 is 14.6 Å². The Morgan fingerprint density at radius 1 is 0.805 bits per heavy atom. The molecule has 0 heterocycles. The Bertz CT molecular complexity index is 984. The van der Waals surface area contributed by atoms with Gasteiger partial charge in [0.1, 0.15) is 0 Å². The lowest BCUT2D eigenvalue weighted by Gasteiger charge is -2.72. The summed E-state index contributed by atoms with van der Waals surface area (Å²) in [5.74, 6) is 2.05. The zero-order chi connectivity index (χ0) is 29.8. The van der Waals surface area contributed by atoms with E-state index < -0.39 is 11.4 Å². The van der Waals surface area contributed by atoms with E-state index in [9.17, 15) is 9.90 Å². The highest BCUT2D eigenvalue weighted by atomic mass is 16.5. The van der Waals surface area contributed by atoms with E-state index in [0.29, 0.717) is 29.3 Å². The highest BCUT2D eigenvalue weighted by molar-refractivity contribution is 5.76. The standard InChI is InChI=1S/C38H64O3/c1-9-10-11-12-13-14-25-41-31-19-20-35(6)29(34(31,4)5)18-21-37(8)30(35)16-15-28-32-27(26(2)3)17-22-38(32,33(39)40)24-23-36(28,37)7/h27-32H,2,9-25H2,1,3-8H3,(H,39,40)/t27-,28+,29-,30+,31-,32+,35-,36+,37+,38-/m0/s1.